The summed E-state index contributed by atoms with van der Waals surface area (Å²) in [6.45, 7) is 8.70. The zero-order chi connectivity index (χ0) is 20.0. The second kappa shape index (κ2) is 9.71. The van der Waals surface area contributed by atoms with E-state index in [1.807, 2.05) is 13.8 Å². The number of halogens is 4. The van der Waals surface area contributed by atoms with Gasteiger partial charge in [0.05, 0.1) is 26.4 Å². The first-order valence-electron chi connectivity index (χ1n) is 9.36. The first kappa shape index (κ1) is 21.9. The van der Waals surface area contributed by atoms with Gasteiger partial charge in [-0.05, 0) is 30.2 Å². The summed E-state index contributed by atoms with van der Waals surface area (Å²) < 4.78 is 64.6. The molecule has 8 heteroatoms. The van der Waals surface area contributed by atoms with Gasteiger partial charge in [-0.15, -0.1) is 0 Å². The van der Waals surface area contributed by atoms with Crippen LogP contribution in [0.3, 0.4) is 0 Å². The van der Waals surface area contributed by atoms with Gasteiger partial charge in [-0.1, -0.05) is 13.8 Å². The van der Waals surface area contributed by atoms with Crippen LogP contribution in [0.5, 0.6) is 0 Å². The van der Waals surface area contributed by atoms with Gasteiger partial charge in [0, 0.05) is 31.9 Å². The summed E-state index contributed by atoms with van der Waals surface area (Å²) >= 11 is 0. The number of hydrogen-bond donors (Lipinski definition) is 0. The second-order valence-electron chi connectivity index (χ2n) is 6.43. The topological polar surface area (TPSA) is 24.9 Å². The molecular weight excluding hydrogens is 364 g/mol. The van der Waals surface area contributed by atoms with Gasteiger partial charge in [0.2, 0.25) is 0 Å². The van der Waals surface area contributed by atoms with E-state index in [4.69, 9.17) is 9.47 Å². The summed E-state index contributed by atoms with van der Waals surface area (Å²) in [6.07, 6.45) is -4.42. The van der Waals surface area contributed by atoms with Gasteiger partial charge in [-0.3, -0.25) is 4.90 Å². The van der Waals surface area contributed by atoms with Gasteiger partial charge in [0.15, 0.2) is 0 Å². The Labute approximate surface area is 158 Å². The molecule has 0 radical (unpaired) electrons. The van der Waals surface area contributed by atoms with Crippen LogP contribution in [0.4, 0.5) is 23.2 Å². The molecule has 1 atom stereocenters. The van der Waals surface area contributed by atoms with E-state index in [-0.39, 0.29) is 18.8 Å². The van der Waals surface area contributed by atoms with Crippen molar-refractivity contribution < 1.29 is 27.0 Å². The molecule has 0 amide bonds. The molecule has 154 valence electrons. The molecule has 27 heavy (non-hydrogen) atoms. The average Bonchev–Trinajstić information content (AvgIpc) is 2.67. The van der Waals surface area contributed by atoms with Gasteiger partial charge >= 0.3 is 6.18 Å². The fourth-order valence-corrected chi connectivity index (χ4v) is 3.23. The molecule has 0 aromatic heterocycles. The Bertz CT molecular complexity index is 604. The Kier molecular flexibility index (Phi) is 7.88. The van der Waals surface area contributed by atoms with E-state index in [0.717, 1.165) is 13.1 Å². The van der Waals surface area contributed by atoms with E-state index < -0.39 is 24.6 Å². The minimum absolute atomic E-state index is 0.0870. The number of ether oxygens (including phenoxy) is 2. The van der Waals surface area contributed by atoms with Crippen molar-refractivity contribution >= 4 is 5.69 Å². The fourth-order valence-electron chi connectivity index (χ4n) is 3.23. The van der Waals surface area contributed by atoms with Gasteiger partial charge < -0.3 is 14.4 Å². The third-order valence-corrected chi connectivity index (χ3v) is 4.77. The summed E-state index contributed by atoms with van der Waals surface area (Å²) in [6, 6.07) is 1.12. The smallest absolute Gasteiger partial charge is 0.379 e. The summed E-state index contributed by atoms with van der Waals surface area (Å²) in [5.74, 6) is -0.479. The molecule has 3 rings (SSSR count). The molecule has 0 N–H and O–H groups in total. The Morgan fingerprint density at radius 3 is 2.30 bits per heavy atom. The Hall–Kier alpha value is -1.38. The normalized spacial score (nSPS) is 21.6. The highest BCUT2D eigenvalue weighted by molar-refractivity contribution is 5.53. The molecule has 1 aromatic carbocycles. The molecule has 0 saturated carbocycles. The van der Waals surface area contributed by atoms with Crippen LogP contribution < -0.4 is 4.90 Å². The molecule has 0 aliphatic carbocycles. The predicted molar refractivity (Wildman–Crippen MR) is 96.6 cm³/mol. The van der Waals surface area contributed by atoms with Crippen LogP contribution >= 0.6 is 0 Å². The second-order valence-corrected chi connectivity index (χ2v) is 6.43. The third-order valence-electron chi connectivity index (χ3n) is 4.77. The molecule has 2 fully saturated rings. The van der Waals surface area contributed by atoms with Gasteiger partial charge in [0.1, 0.15) is 11.9 Å². The highest BCUT2D eigenvalue weighted by Crippen LogP contribution is 2.33. The van der Waals surface area contributed by atoms with E-state index in [0.29, 0.717) is 30.9 Å². The number of benzene rings is 1. The molecule has 2 aliphatic rings. The van der Waals surface area contributed by atoms with Gasteiger partial charge in [-0.2, -0.15) is 13.2 Å². The monoisotopic (exact) mass is 392 g/mol. The lowest BCUT2D eigenvalue weighted by molar-refractivity contribution is -0.167. The van der Waals surface area contributed by atoms with E-state index in [2.05, 4.69) is 4.90 Å². The number of alkyl halides is 3. The number of anilines is 1. The SMILES string of the molecule is CC.Cc1c(F)cc(N2CCOCC2C(F)(F)F)cc1CN1CCOCC1. The molecule has 2 aliphatic heterocycles. The van der Waals surface area contributed by atoms with Crippen LogP contribution in [0.25, 0.3) is 0 Å². The van der Waals surface area contributed by atoms with Gasteiger partial charge in [-0.25, -0.2) is 4.39 Å². The van der Waals surface area contributed by atoms with Gasteiger partial charge in [0.25, 0.3) is 0 Å². The standard InChI is InChI=1S/C17H22F4N2O2.C2H6/c1-12-13(10-22-2-5-24-6-3-22)8-14(9-15(12)18)23-4-7-25-11-16(23)17(19,20)21;1-2/h8-9,16H,2-7,10-11H2,1H3;1-2H3. The van der Waals surface area contributed by atoms with E-state index in [1.165, 1.54) is 11.0 Å². The zero-order valence-corrected chi connectivity index (χ0v) is 16.1. The molecule has 4 nitrogen and oxygen atoms in total. The van der Waals surface area contributed by atoms with Crippen LogP contribution in [0.15, 0.2) is 12.1 Å². The Balaban J connectivity index is 0.00000126. The largest absolute Gasteiger partial charge is 0.411 e. The van der Waals surface area contributed by atoms with Crippen LogP contribution in [0, 0.1) is 12.7 Å². The summed E-state index contributed by atoms with van der Waals surface area (Å²) in [5, 5.41) is 0. The minimum Gasteiger partial charge on any atom is -0.379 e. The van der Waals surface area contributed by atoms with E-state index >= 15 is 0 Å². The Morgan fingerprint density at radius 2 is 1.67 bits per heavy atom. The van der Waals surface area contributed by atoms with Crippen LogP contribution in [0.1, 0.15) is 25.0 Å². The van der Waals surface area contributed by atoms with Crippen molar-refractivity contribution in [1.29, 1.82) is 0 Å². The average molecular weight is 392 g/mol. The number of morpholine rings is 2. The lowest BCUT2D eigenvalue weighted by Crippen LogP contribution is -2.53. The highest BCUT2D eigenvalue weighted by atomic mass is 19.4. The number of nitrogens with zero attached hydrogens (tertiary/aromatic N) is 2. The van der Waals surface area contributed by atoms with Crippen molar-refractivity contribution in [3.8, 4) is 0 Å². The van der Waals surface area contributed by atoms with Crippen molar-refractivity contribution in [2.75, 3.05) is 51.0 Å². The summed E-state index contributed by atoms with van der Waals surface area (Å²) in [5.41, 5.74) is 1.45. The molecule has 0 bridgehead atoms. The quantitative estimate of drug-likeness (QED) is 0.732. The number of rotatable bonds is 3. The maximum Gasteiger partial charge on any atom is 0.411 e. The van der Waals surface area contributed by atoms with Crippen LogP contribution in [-0.2, 0) is 16.0 Å². The van der Waals surface area contributed by atoms with E-state index in [9.17, 15) is 17.6 Å². The van der Waals surface area contributed by atoms with Crippen molar-refractivity contribution in [2.45, 2.75) is 39.5 Å². The Morgan fingerprint density at radius 1 is 1.04 bits per heavy atom. The zero-order valence-electron chi connectivity index (χ0n) is 16.1. The van der Waals surface area contributed by atoms with Crippen LogP contribution in [0.2, 0.25) is 0 Å². The van der Waals surface area contributed by atoms with Crippen molar-refractivity contribution in [3.63, 3.8) is 0 Å². The molecule has 1 unspecified atom stereocenters. The molecule has 0 spiro atoms. The number of hydrogen-bond acceptors (Lipinski definition) is 4. The fraction of sp³-hybridized carbons (Fsp3) is 0.684. The minimum atomic E-state index is -4.42. The van der Waals surface area contributed by atoms with Crippen molar-refractivity contribution in [3.05, 3.63) is 29.1 Å². The lowest BCUT2D eigenvalue weighted by atomic mass is 10.0. The summed E-state index contributed by atoms with van der Waals surface area (Å²) in [7, 11) is 0. The molecule has 2 heterocycles. The maximum atomic E-state index is 14.4. The van der Waals surface area contributed by atoms with E-state index in [1.54, 1.807) is 13.0 Å². The van der Waals surface area contributed by atoms with Crippen LogP contribution in [-0.4, -0.2) is 63.2 Å². The van der Waals surface area contributed by atoms with Crippen molar-refractivity contribution in [1.82, 2.24) is 4.90 Å². The molecule has 1 aromatic rings. The molecule has 2 saturated heterocycles. The third kappa shape index (κ3) is 5.56. The van der Waals surface area contributed by atoms with Crippen molar-refractivity contribution in [2.24, 2.45) is 0 Å². The highest BCUT2D eigenvalue weighted by Gasteiger charge is 2.45. The lowest BCUT2D eigenvalue weighted by Gasteiger charge is -2.38. The molecular formula is C19H28F4N2O2. The first-order valence-corrected chi connectivity index (χ1v) is 9.36. The summed E-state index contributed by atoms with van der Waals surface area (Å²) in [4.78, 5) is 3.32. The predicted octanol–water partition coefficient (Wildman–Crippen LogP) is 3.76. The first-order chi connectivity index (χ1) is 12.9. The maximum absolute atomic E-state index is 14.4.